The van der Waals surface area contributed by atoms with Crippen LogP contribution in [0.5, 0.6) is 5.75 Å². The largest absolute Gasteiger partial charge is 0.490 e. The Labute approximate surface area is 233 Å². The Kier molecular flexibility index (Phi) is 10.0. The van der Waals surface area contributed by atoms with Gasteiger partial charge in [-0.15, -0.1) is 0 Å². The molecule has 194 valence electrons. The molecule has 0 amide bonds. The van der Waals surface area contributed by atoms with Gasteiger partial charge in [0.15, 0.2) is 0 Å². The summed E-state index contributed by atoms with van der Waals surface area (Å²) < 4.78 is 6.86. The molecule has 0 bridgehead atoms. The van der Waals surface area contributed by atoms with Gasteiger partial charge in [0.1, 0.15) is 21.4 Å². The van der Waals surface area contributed by atoms with Crippen molar-refractivity contribution in [1.82, 2.24) is 0 Å². The summed E-state index contributed by atoms with van der Waals surface area (Å²) in [6.45, 7) is 9.08. The molecule has 4 radical (unpaired) electrons. The maximum Gasteiger partial charge on any atom is 0.128 e. The van der Waals surface area contributed by atoms with Gasteiger partial charge in [-0.2, -0.15) is 0 Å². The first-order valence-corrected chi connectivity index (χ1v) is 14.8. The van der Waals surface area contributed by atoms with Crippen LogP contribution in [0.2, 0.25) is 0 Å². The molecule has 0 saturated heterocycles. The molecule has 0 aliphatic rings. The van der Waals surface area contributed by atoms with E-state index in [4.69, 9.17) is 20.4 Å². The predicted octanol–water partition coefficient (Wildman–Crippen LogP) is 8.35. The maximum absolute atomic E-state index is 6.86. The minimum absolute atomic E-state index is 0.191. The third-order valence-corrected chi connectivity index (χ3v) is 8.07. The Hall–Kier alpha value is -2.67. The van der Waals surface area contributed by atoms with Crippen LogP contribution in [0.4, 0.5) is 0 Å². The fraction of sp³-hybridized carbons (Fsp3) is 0.429. The van der Waals surface area contributed by atoms with Gasteiger partial charge >= 0.3 is 0 Å². The van der Waals surface area contributed by atoms with Gasteiger partial charge in [-0.3, -0.25) is 0 Å². The smallest absolute Gasteiger partial charge is 0.128 e. The SMILES string of the molecule is [B]c1ccc2c(-c3c(CC(CC)CCCC)ccc4ccc([B])cc34)c(OC(CC)CCCC)ccc2c1. The van der Waals surface area contributed by atoms with Crippen molar-refractivity contribution in [2.75, 3.05) is 0 Å². The first kappa shape index (κ1) is 28.3. The lowest BCUT2D eigenvalue weighted by Crippen LogP contribution is -2.16. The quantitative estimate of drug-likeness (QED) is 0.168. The van der Waals surface area contributed by atoms with Crippen LogP contribution in [-0.4, -0.2) is 21.8 Å². The average Bonchev–Trinajstić information content (AvgIpc) is 2.93. The van der Waals surface area contributed by atoms with E-state index in [1.807, 2.05) is 12.1 Å². The number of benzene rings is 4. The molecule has 0 aliphatic heterocycles. The lowest BCUT2D eigenvalue weighted by Gasteiger charge is -2.25. The highest BCUT2D eigenvalue weighted by Crippen LogP contribution is 2.44. The number of rotatable bonds is 13. The summed E-state index contributed by atoms with van der Waals surface area (Å²) in [5.41, 5.74) is 5.38. The van der Waals surface area contributed by atoms with E-state index in [1.54, 1.807) is 0 Å². The van der Waals surface area contributed by atoms with Crippen molar-refractivity contribution in [3.63, 3.8) is 0 Å². The van der Waals surface area contributed by atoms with Gasteiger partial charge in [0, 0.05) is 5.56 Å². The average molecular weight is 500 g/mol. The van der Waals surface area contributed by atoms with E-state index in [0.29, 0.717) is 5.92 Å². The summed E-state index contributed by atoms with van der Waals surface area (Å²) in [7, 11) is 12.6. The van der Waals surface area contributed by atoms with Gasteiger partial charge in [0.2, 0.25) is 0 Å². The third-order valence-electron chi connectivity index (χ3n) is 8.07. The van der Waals surface area contributed by atoms with Crippen molar-refractivity contribution < 1.29 is 4.74 Å². The van der Waals surface area contributed by atoms with Crippen LogP contribution < -0.4 is 15.7 Å². The maximum atomic E-state index is 6.86. The number of fused-ring (bicyclic) bond motifs is 2. The summed E-state index contributed by atoms with van der Waals surface area (Å²) in [6, 6.07) is 21.5. The molecule has 0 aliphatic carbocycles. The summed E-state index contributed by atoms with van der Waals surface area (Å²) in [5.74, 6) is 1.61. The first-order valence-electron chi connectivity index (χ1n) is 14.8. The lowest BCUT2D eigenvalue weighted by molar-refractivity contribution is 0.184. The van der Waals surface area contributed by atoms with Crippen LogP contribution in [-0.2, 0) is 6.42 Å². The van der Waals surface area contributed by atoms with E-state index in [1.165, 1.54) is 71.4 Å². The van der Waals surface area contributed by atoms with Gasteiger partial charge in [0.05, 0.1) is 6.10 Å². The fourth-order valence-corrected chi connectivity index (χ4v) is 5.74. The normalized spacial score (nSPS) is 13.2. The Morgan fingerprint density at radius 2 is 1.34 bits per heavy atom. The van der Waals surface area contributed by atoms with E-state index in [-0.39, 0.29) is 6.10 Å². The Balaban J connectivity index is 1.99. The first-order chi connectivity index (χ1) is 18.5. The third kappa shape index (κ3) is 6.48. The summed E-state index contributed by atoms with van der Waals surface area (Å²) in [6.07, 6.45) is 10.6. The van der Waals surface area contributed by atoms with E-state index in [0.717, 1.165) is 41.3 Å². The van der Waals surface area contributed by atoms with Gasteiger partial charge < -0.3 is 4.74 Å². The van der Waals surface area contributed by atoms with E-state index < -0.39 is 0 Å². The standard InChI is InChI=1S/C35H42B2O/c1-5-9-11-24(7-3)21-27-14-13-25-15-17-29(37)23-32(25)34(27)35-31-19-18-28(36)22-26(31)16-20-33(35)38-30(8-4)12-10-6-2/h13-20,22-24,30H,5-12,21H2,1-4H3. The number of unbranched alkanes of at least 4 members (excludes halogenated alkanes) is 2. The van der Waals surface area contributed by atoms with Crippen molar-refractivity contribution in [1.29, 1.82) is 0 Å². The van der Waals surface area contributed by atoms with E-state index >= 15 is 0 Å². The number of hydrogen-bond acceptors (Lipinski definition) is 1. The van der Waals surface area contributed by atoms with Crippen molar-refractivity contribution in [3.05, 3.63) is 66.2 Å². The molecule has 0 N–H and O–H groups in total. The fourth-order valence-electron chi connectivity index (χ4n) is 5.74. The second kappa shape index (κ2) is 13.4. The van der Waals surface area contributed by atoms with E-state index in [9.17, 15) is 0 Å². The minimum Gasteiger partial charge on any atom is -0.490 e. The van der Waals surface area contributed by atoms with Crippen molar-refractivity contribution in [2.24, 2.45) is 5.92 Å². The molecule has 0 spiro atoms. The predicted molar refractivity (Wildman–Crippen MR) is 169 cm³/mol. The van der Waals surface area contributed by atoms with Crippen LogP contribution >= 0.6 is 0 Å². The van der Waals surface area contributed by atoms with Crippen molar-refractivity contribution in [2.45, 2.75) is 91.6 Å². The molecule has 3 heteroatoms. The molecule has 2 atom stereocenters. The molecule has 0 heterocycles. The zero-order valence-corrected chi connectivity index (χ0v) is 23.9. The van der Waals surface area contributed by atoms with E-state index in [2.05, 4.69) is 76.2 Å². The molecule has 2 unspecified atom stereocenters. The molecular formula is C35H42B2O. The Morgan fingerprint density at radius 1 is 0.658 bits per heavy atom. The highest BCUT2D eigenvalue weighted by atomic mass is 16.5. The summed E-state index contributed by atoms with van der Waals surface area (Å²) in [5, 5.41) is 4.72. The zero-order chi connectivity index (χ0) is 27.1. The van der Waals surface area contributed by atoms with Crippen LogP contribution in [0.3, 0.4) is 0 Å². The van der Waals surface area contributed by atoms with Crippen molar-refractivity contribution in [3.8, 4) is 16.9 Å². The topological polar surface area (TPSA) is 9.23 Å². The van der Waals surface area contributed by atoms with Crippen LogP contribution in [0, 0.1) is 5.92 Å². The molecule has 38 heavy (non-hydrogen) atoms. The molecule has 4 aromatic rings. The molecule has 0 aromatic heterocycles. The second-order valence-corrected chi connectivity index (χ2v) is 10.9. The zero-order valence-electron chi connectivity index (χ0n) is 23.9. The highest BCUT2D eigenvalue weighted by Gasteiger charge is 2.21. The molecule has 0 saturated carbocycles. The summed E-state index contributed by atoms with van der Waals surface area (Å²) in [4.78, 5) is 0. The van der Waals surface area contributed by atoms with Gasteiger partial charge in [-0.1, -0.05) is 132 Å². The monoisotopic (exact) mass is 500 g/mol. The van der Waals surface area contributed by atoms with Gasteiger partial charge in [-0.25, -0.2) is 0 Å². The van der Waals surface area contributed by atoms with Crippen LogP contribution in [0.15, 0.2) is 60.7 Å². The molecular weight excluding hydrogens is 458 g/mol. The van der Waals surface area contributed by atoms with Gasteiger partial charge in [-0.05, 0) is 63.9 Å². The number of ether oxygens (including phenoxy) is 1. The molecule has 4 rings (SSSR count). The lowest BCUT2D eigenvalue weighted by atomic mass is 9.82. The number of hydrogen-bond donors (Lipinski definition) is 0. The minimum atomic E-state index is 0.191. The van der Waals surface area contributed by atoms with Crippen LogP contribution in [0.25, 0.3) is 32.7 Å². The van der Waals surface area contributed by atoms with Gasteiger partial charge in [0.25, 0.3) is 0 Å². The second-order valence-electron chi connectivity index (χ2n) is 10.9. The summed E-state index contributed by atoms with van der Waals surface area (Å²) >= 11 is 0. The Bertz CT molecular complexity index is 1360. The highest BCUT2D eigenvalue weighted by molar-refractivity contribution is 6.34. The molecule has 4 aromatic carbocycles. The molecule has 0 fully saturated rings. The Morgan fingerprint density at radius 3 is 2.08 bits per heavy atom. The molecule has 1 nitrogen and oxygen atoms in total. The van der Waals surface area contributed by atoms with Crippen LogP contribution in [0.1, 0.15) is 84.6 Å². The van der Waals surface area contributed by atoms with Crippen molar-refractivity contribution >= 4 is 48.2 Å².